The Morgan fingerprint density at radius 1 is 1.56 bits per heavy atom. The summed E-state index contributed by atoms with van der Waals surface area (Å²) >= 11 is 7.96. The Balaban J connectivity index is 3.15. The maximum absolute atomic E-state index is 6.06. The van der Waals surface area contributed by atoms with Crippen molar-refractivity contribution in [1.82, 2.24) is 0 Å². The Hall–Kier alpha value is -0.480. The fourth-order valence-corrected chi connectivity index (χ4v) is 2.13. The molecule has 0 unspecified atom stereocenters. The highest BCUT2D eigenvalue weighted by Gasteiger charge is 2.15. The van der Waals surface area contributed by atoms with E-state index in [1.165, 1.54) is 0 Å². The van der Waals surface area contributed by atoms with Crippen molar-refractivity contribution in [3.63, 3.8) is 0 Å². The van der Waals surface area contributed by atoms with Crippen LogP contribution in [0.5, 0.6) is 0 Å². The van der Waals surface area contributed by atoms with Gasteiger partial charge in [-0.05, 0) is 25.0 Å². The van der Waals surface area contributed by atoms with Crippen LogP contribution >= 0.6 is 34.6 Å². The zero-order valence-corrected chi connectivity index (χ0v) is 12.1. The zero-order valence-electron chi connectivity index (χ0n) is 9.17. The Morgan fingerprint density at radius 2 is 2.31 bits per heavy atom. The average Bonchev–Trinajstić information content (AvgIpc) is 2.30. The first-order chi connectivity index (χ1) is 7.72. The lowest BCUT2D eigenvalue weighted by atomic mass is 9.97. The van der Waals surface area contributed by atoms with Crippen LogP contribution in [-0.4, -0.2) is 0 Å². The minimum absolute atomic E-state index is 0.842. The predicted octanol–water partition coefficient (Wildman–Crippen LogP) is 5.21. The third-order valence-corrected chi connectivity index (χ3v) is 3.11. The lowest BCUT2D eigenvalue weighted by Gasteiger charge is -2.16. The highest BCUT2D eigenvalue weighted by atomic mass is 127. The lowest BCUT2D eigenvalue weighted by molar-refractivity contribution is 0.516. The van der Waals surface area contributed by atoms with Crippen LogP contribution in [-0.2, 0) is 3.07 Å². The van der Waals surface area contributed by atoms with E-state index in [2.05, 4.69) is 6.58 Å². The molecule has 0 N–H and O–H groups in total. The predicted molar refractivity (Wildman–Crippen MR) is 78.4 cm³/mol. The van der Waals surface area contributed by atoms with Gasteiger partial charge in [0.2, 0.25) is 0 Å². The molecule has 0 spiro atoms. The summed E-state index contributed by atoms with van der Waals surface area (Å²) in [5.74, 6) is 0.959. The standard InChI is InChI=1S/C13H14ClIO/c1-3-5-6-10(4-2)12-9-11(14)7-8-13(12)16-15/h3-6,9H,2,7-8H2,1H3/b5-3-,10-6+. The molecule has 1 rings (SSSR count). The molecule has 0 radical (unpaired) electrons. The fourth-order valence-electron chi connectivity index (χ4n) is 1.47. The highest BCUT2D eigenvalue weighted by molar-refractivity contribution is 14.1. The first-order valence-corrected chi connectivity index (χ1v) is 6.32. The van der Waals surface area contributed by atoms with Gasteiger partial charge in [-0.3, -0.25) is 0 Å². The van der Waals surface area contributed by atoms with Crippen molar-refractivity contribution < 1.29 is 3.07 Å². The molecule has 16 heavy (non-hydrogen) atoms. The van der Waals surface area contributed by atoms with Crippen LogP contribution in [0.25, 0.3) is 0 Å². The van der Waals surface area contributed by atoms with Crippen LogP contribution in [0, 0.1) is 0 Å². The third-order valence-electron chi connectivity index (χ3n) is 2.28. The lowest BCUT2D eigenvalue weighted by Crippen LogP contribution is -1.99. The van der Waals surface area contributed by atoms with Gasteiger partial charge in [0.1, 0.15) is 5.76 Å². The fraction of sp³-hybridized carbons (Fsp3) is 0.231. The van der Waals surface area contributed by atoms with Crippen LogP contribution in [0.15, 0.2) is 58.9 Å². The molecule has 1 aliphatic rings. The molecule has 0 aromatic carbocycles. The molecule has 0 fully saturated rings. The molecule has 0 heterocycles. The van der Waals surface area contributed by atoms with E-state index < -0.39 is 0 Å². The van der Waals surface area contributed by atoms with Crippen LogP contribution < -0.4 is 0 Å². The molecule has 3 heteroatoms. The summed E-state index contributed by atoms with van der Waals surface area (Å²) in [5, 5.41) is 0.862. The van der Waals surface area contributed by atoms with Gasteiger partial charge in [-0.15, -0.1) is 0 Å². The highest BCUT2D eigenvalue weighted by Crippen LogP contribution is 2.32. The van der Waals surface area contributed by atoms with Gasteiger partial charge in [0, 0.05) is 17.0 Å². The molecule has 0 saturated heterocycles. The Morgan fingerprint density at radius 3 is 2.88 bits per heavy atom. The summed E-state index contributed by atoms with van der Waals surface area (Å²) < 4.78 is 5.35. The van der Waals surface area contributed by atoms with E-state index in [4.69, 9.17) is 14.7 Å². The summed E-state index contributed by atoms with van der Waals surface area (Å²) in [4.78, 5) is 0. The molecule has 1 nitrogen and oxygen atoms in total. The van der Waals surface area contributed by atoms with E-state index in [1.807, 2.05) is 60.3 Å². The molecule has 1 aliphatic carbocycles. The summed E-state index contributed by atoms with van der Waals surface area (Å²) in [6.07, 6.45) is 11.4. The SMILES string of the molecule is C=C/C(=C\C=C/C)C1=C(OI)CCC(Cl)=C1. The average molecular weight is 349 g/mol. The van der Waals surface area contributed by atoms with Crippen molar-refractivity contribution in [2.45, 2.75) is 19.8 Å². The smallest absolute Gasteiger partial charge is 0.192 e. The second-order valence-electron chi connectivity index (χ2n) is 3.36. The number of hydrogen-bond acceptors (Lipinski definition) is 1. The van der Waals surface area contributed by atoms with Crippen LogP contribution in [0.2, 0.25) is 0 Å². The van der Waals surface area contributed by atoms with Gasteiger partial charge in [-0.25, -0.2) is 0 Å². The number of rotatable bonds is 4. The zero-order chi connectivity index (χ0) is 12.0. The summed E-state index contributed by atoms with van der Waals surface area (Å²) in [6.45, 7) is 5.79. The first kappa shape index (κ1) is 13.6. The van der Waals surface area contributed by atoms with Crippen LogP contribution in [0.3, 0.4) is 0 Å². The quantitative estimate of drug-likeness (QED) is 0.500. The molecule has 0 bridgehead atoms. The summed E-state index contributed by atoms with van der Waals surface area (Å²) in [7, 11) is 0. The Labute approximate surface area is 116 Å². The van der Waals surface area contributed by atoms with E-state index in [0.717, 1.165) is 34.8 Å². The Kier molecular flexibility index (Phi) is 5.91. The van der Waals surface area contributed by atoms with Crippen molar-refractivity contribution in [3.05, 3.63) is 58.9 Å². The number of halogens is 2. The van der Waals surface area contributed by atoms with Gasteiger partial charge in [0.05, 0.1) is 0 Å². The maximum Gasteiger partial charge on any atom is 0.192 e. The van der Waals surface area contributed by atoms with Gasteiger partial charge in [0.15, 0.2) is 23.0 Å². The molecule has 86 valence electrons. The van der Waals surface area contributed by atoms with Crippen molar-refractivity contribution >= 4 is 34.6 Å². The van der Waals surface area contributed by atoms with Gasteiger partial charge >= 0.3 is 0 Å². The van der Waals surface area contributed by atoms with Gasteiger partial charge in [-0.2, -0.15) is 0 Å². The van der Waals surface area contributed by atoms with Crippen molar-refractivity contribution in [1.29, 1.82) is 0 Å². The van der Waals surface area contributed by atoms with Gasteiger partial charge < -0.3 is 3.07 Å². The maximum atomic E-state index is 6.06. The minimum atomic E-state index is 0.842. The van der Waals surface area contributed by atoms with Gasteiger partial charge in [0.25, 0.3) is 0 Å². The molecule has 0 aliphatic heterocycles. The van der Waals surface area contributed by atoms with E-state index >= 15 is 0 Å². The molecule has 0 aromatic rings. The van der Waals surface area contributed by atoms with E-state index in [0.29, 0.717) is 0 Å². The van der Waals surface area contributed by atoms with Crippen LogP contribution in [0.4, 0.5) is 0 Å². The second-order valence-corrected chi connectivity index (χ2v) is 4.28. The molecule has 0 atom stereocenters. The van der Waals surface area contributed by atoms with Crippen molar-refractivity contribution in [2.24, 2.45) is 0 Å². The molecule has 0 aromatic heterocycles. The monoisotopic (exact) mass is 348 g/mol. The van der Waals surface area contributed by atoms with E-state index in [-0.39, 0.29) is 0 Å². The minimum Gasteiger partial charge on any atom is -0.432 e. The van der Waals surface area contributed by atoms with E-state index in [1.54, 1.807) is 0 Å². The molecule has 0 amide bonds. The number of allylic oxidation sites excluding steroid dienone is 9. The topological polar surface area (TPSA) is 9.23 Å². The van der Waals surface area contributed by atoms with E-state index in [9.17, 15) is 0 Å². The molecular formula is C13H14ClIO. The second kappa shape index (κ2) is 6.97. The normalized spacial score (nSPS) is 17.7. The molecular weight excluding hydrogens is 334 g/mol. The third kappa shape index (κ3) is 3.52. The number of hydrogen-bond donors (Lipinski definition) is 0. The van der Waals surface area contributed by atoms with Crippen molar-refractivity contribution in [2.75, 3.05) is 0 Å². The first-order valence-electron chi connectivity index (χ1n) is 5.06. The molecule has 0 saturated carbocycles. The summed E-state index contributed by atoms with van der Waals surface area (Å²) in [6, 6.07) is 0. The van der Waals surface area contributed by atoms with Crippen LogP contribution in [0.1, 0.15) is 19.8 Å². The summed E-state index contributed by atoms with van der Waals surface area (Å²) in [5.41, 5.74) is 2.06. The van der Waals surface area contributed by atoms with Gasteiger partial charge in [-0.1, -0.05) is 42.5 Å². The van der Waals surface area contributed by atoms with Crippen molar-refractivity contribution in [3.8, 4) is 0 Å². The largest absolute Gasteiger partial charge is 0.432 e. The Bertz CT molecular complexity index is 389.